The molecule has 1 heterocycles. The first-order valence-corrected chi connectivity index (χ1v) is 5.69. The molecular weight excluding hydrogens is 275 g/mol. The molecular formula is C12H12F3N3O2. The van der Waals surface area contributed by atoms with Crippen LogP contribution in [0.2, 0.25) is 0 Å². The van der Waals surface area contributed by atoms with Gasteiger partial charge in [-0.15, -0.1) is 0 Å². The van der Waals surface area contributed by atoms with Gasteiger partial charge in [-0.3, -0.25) is 0 Å². The molecule has 0 saturated heterocycles. The van der Waals surface area contributed by atoms with Gasteiger partial charge < -0.3 is 15.0 Å². The average molecular weight is 287 g/mol. The predicted octanol–water partition coefficient (Wildman–Crippen LogP) is 2.40. The highest BCUT2D eigenvalue weighted by Gasteiger charge is 2.31. The Morgan fingerprint density at radius 3 is 2.75 bits per heavy atom. The number of nitrogens with two attached hydrogens (primary N) is 1. The number of hydrogen-bond acceptors (Lipinski definition) is 5. The van der Waals surface area contributed by atoms with E-state index in [1.54, 1.807) is 0 Å². The Hall–Kier alpha value is -1.93. The third-order valence-electron chi connectivity index (χ3n) is 2.66. The number of rotatable bonds is 4. The van der Waals surface area contributed by atoms with E-state index in [0.29, 0.717) is 0 Å². The van der Waals surface area contributed by atoms with E-state index in [0.717, 1.165) is 12.1 Å². The molecule has 0 amide bonds. The number of ether oxygens (including phenoxy) is 1. The number of methoxy groups -OCH3 is 1. The van der Waals surface area contributed by atoms with Gasteiger partial charge in [-0.25, -0.2) is 0 Å². The third kappa shape index (κ3) is 2.97. The Morgan fingerprint density at radius 1 is 1.40 bits per heavy atom. The Labute approximate surface area is 112 Å². The second kappa shape index (κ2) is 5.59. The predicted molar refractivity (Wildman–Crippen MR) is 63.5 cm³/mol. The van der Waals surface area contributed by atoms with Gasteiger partial charge in [-0.2, -0.15) is 18.2 Å². The van der Waals surface area contributed by atoms with Gasteiger partial charge >= 0.3 is 6.18 Å². The summed E-state index contributed by atoms with van der Waals surface area (Å²) in [7, 11) is 1.42. The molecule has 0 aliphatic carbocycles. The molecule has 8 heteroatoms. The fourth-order valence-corrected chi connectivity index (χ4v) is 1.62. The van der Waals surface area contributed by atoms with E-state index < -0.39 is 17.8 Å². The van der Waals surface area contributed by atoms with Crippen LogP contribution >= 0.6 is 0 Å². The largest absolute Gasteiger partial charge is 0.416 e. The first kappa shape index (κ1) is 14.5. The molecule has 1 aromatic heterocycles. The summed E-state index contributed by atoms with van der Waals surface area (Å²) >= 11 is 0. The smallest absolute Gasteiger partial charge is 0.370 e. The van der Waals surface area contributed by atoms with Gasteiger partial charge in [0.25, 0.3) is 5.89 Å². The van der Waals surface area contributed by atoms with E-state index in [4.69, 9.17) is 15.0 Å². The maximum absolute atomic E-state index is 12.6. The van der Waals surface area contributed by atoms with Crippen LogP contribution in [0.5, 0.6) is 0 Å². The lowest BCUT2D eigenvalue weighted by Crippen LogP contribution is -2.14. The molecule has 0 spiro atoms. The molecule has 0 saturated carbocycles. The van der Waals surface area contributed by atoms with Gasteiger partial charge in [0.2, 0.25) is 5.82 Å². The molecule has 5 nitrogen and oxygen atoms in total. The summed E-state index contributed by atoms with van der Waals surface area (Å²) in [5, 5.41) is 3.64. The summed E-state index contributed by atoms with van der Waals surface area (Å²) in [4.78, 5) is 4.00. The highest BCUT2D eigenvalue weighted by atomic mass is 19.4. The van der Waals surface area contributed by atoms with E-state index in [-0.39, 0.29) is 23.8 Å². The van der Waals surface area contributed by atoms with E-state index in [1.165, 1.54) is 19.2 Å². The number of halogens is 3. The minimum Gasteiger partial charge on any atom is -0.370 e. The van der Waals surface area contributed by atoms with Crippen LogP contribution in [0.1, 0.15) is 17.6 Å². The Balaban J connectivity index is 2.33. The zero-order valence-corrected chi connectivity index (χ0v) is 10.5. The van der Waals surface area contributed by atoms with Gasteiger partial charge in [-0.1, -0.05) is 17.3 Å². The lowest BCUT2D eigenvalue weighted by atomic mass is 10.1. The SMILES string of the molecule is COC(CN)c1nc(-c2cccc(C(F)(F)F)c2)no1. The number of alkyl halides is 3. The standard InChI is InChI=1S/C12H12F3N3O2/c1-19-9(6-16)11-17-10(18-20-11)7-3-2-4-8(5-7)12(13,14)15/h2-5,9H,6,16H2,1H3. The molecule has 2 rings (SSSR count). The van der Waals surface area contributed by atoms with Gasteiger partial charge in [0, 0.05) is 19.2 Å². The number of benzene rings is 1. The van der Waals surface area contributed by atoms with Crippen LogP contribution in [0.3, 0.4) is 0 Å². The summed E-state index contributed by atoms with van der Waals surface area (Å²) in [6.45, 7) is 0.126. The molecule has 20 heavy (non-hydrogen) atoms. The summed E-state index contributed by atoms with van der Waals surface area (Å²) in [5.74, 6) is 0.184. The number of nitrogens with zero attached hydrogens (tertiary/aromatic N) is 2. The minimum atomic E-state index is -4.42. The molecule has 0 aliphatic rings. The van der Waals surface area contributed by atoms with Crippen molar-refractivity contribution < 1.29 is 22.4 Å². The zero-order valence-electron chi connectivity index (χ0n) is 10.5. The molecule has 2 N–H and O–H groups in total. The maximum Gasteiger partial charge on any atom is 0.416 e. The molecule has 0 bridgehead atoms. The highest BCUT2D eigenvalue weighted by Crippen LogP contribution is 2.31. The summed E-state index contributed by atoms with van der Waals surface area (Å²) < 4.78 is 47.8. The molecule has 0 aliphatic heterocycles. The molecule has 1 unspecified atom stereocenters. The van der Waals surface area contributed by atoms with Gasteiger partial charge in [0.1, 0.15) is 6.10 Å². The fourth-order valence-electron chi connectivity index (χ4n) is 1.62. The van der Waals surface area contributed by atoms with Crippen molar-refractivity contribution in [1.82, 2.24) is 10.1 Å². The lowest BCUT2D eigenvalue weighted by molar-refractivity contribution is -0.137. The van der Waals surface area contributed by atoms with Crippen LogP contribution in [0, 0.1) is 0 Å². The zero-order chi connectivity index (χ0) is 14.8. The number of hydrogen-bond donors (Lipinski definition) is 1. The monoisotopic (exact) mass is 287 g/mol. The molecule has 108 valence electrons. The van der Waals surface area contributed by atoms with Crippen molar-refractivity contribution >= 4 is 0 Å². The second-order valence-electron chi connectivity index (χ2n) is 3.99. The van der Waals surface area contributed by atoms with E-state index in [2.05, 4.69) is 10.1 Å². The van der Waals surface area contributed by atoms with Crippen LogP contribution in [0.25, 0.3) is 11.4 Å². The van der Waals surface area contributed by atoms with Gasteiger partial charge in [-0.05, 0) is 12.1 Å². The molecule has 1 atom stereocenters. The van der Waals surface area contributed by atoms with Crippen LogP contribution in [0.4, 0.5) is 13.2 Å². The van der Waals surface area contributed by atoms with Crippen molar-refractivity contribution in [2.45, 2.75) is 12.3 Å². The van der Waals surface area contributed by atoms with Crippen LogP contribution < -0.4 is 5.73 Å². The lowest BCUT2D eigenvalue weighted by Gasteiger charge is -2.07. The van der Waals surface area contributed by atoms with Crippen molar-refractivity contribution in [1.29, 1.82) is 0 Å². The van der Waals surface area contributed by atoms with Crippen molar-refractivity contribution in [2.24, 2.45) is 5.73 Å². The fraction of sp³-hybridized carbons (Fsp3) is 0.333. The first-order chi connectivity index (χ1) is 9.45. The van der Waals surface area contributed by atoms with Crippen molar-refractivity contribution in [3.05, 3.63) is 35.7 Å². The maximum atomic E-state index is 12.6. The highest BCUT2D eigenvalue weighted by molar-refractivity contribution is 5.55. The van der Waals surface area contributed by atoms with Crippen molar-refractivity contribution in [3.63, 3.8) is 0 Å². The van der Waals surface area contributed by atoms with E-state index in [1.807, 2.05) is 0 Å². The van der Waals surface area contributed by atoms with Crippen LogP contribution in [0.15, 0.2) is 28.8 Å². The van der Waals surface area contributed by atoms with Crippen molar-refractivity contribution in [2.75, 3.05) is 13.7 Å². The molecule has 1 aromatic carbocycles. The summed E-state index contributed by atoms with van der Waals surface area (Å²) in [6.07, 6.45) is -5.00. The normalized spacial score (nSPS) is 13.4. The quantitative estimate of drug-likeness (QED) is 0.934. The summed E-state index contributed by atoms with van der Waals surface area (Å²) in [5.41, 5.74) is 4.88. The average Bonchev–Trinajstić information content (AvgIpc) is 2.89. The van der Waals surface area contributed by atoms with E-state index >= 15 is 0 Å². The van der Waals surface area contributed by atoms with Crippen LogP contribution in [-0.4, -0.2) is 23.8 Å². The number of aromatic nitrogens is 2. The third-order valence-corrected chi connectivity index (χ3v) is 2.66. The van der Waals surface area contributed by atoms with Crippen LogP contribution in [-0.2, 0) is 10.9 Å². The Kier molecular flexibility index (Phi) is 4.05. The van der Waals surface area contributed by atoms with Crippen molar-refractivity contribution in [3.8, 4) is 11.4 Å². The van der Waals surface area contributed by atoms with E-state index in [9.17, 15) is 13.2 Å². The summed E-state index contributed by atoms with van der Waals surface area (Å²) in [6, 6.07) is 4.68. The topological polar surface area (TPSA) is 74.2 Å². The second-order valence-corrected chi connectivity index (χ2v) is 3.99. The molecule has 0 radical (unpaired) electrons. The molecule has 0 fully saturated rings. The minimum absolute atomic E-state index is 0.0570. The molecule has 2 aromatic rings. The van der Waals surface area contributed by atoms with Gasteiger partial charge in [0.05, 0.1) is 5.56 Å². The first-order valence-electron chi connectivity index (χ1n) is 5.69. The Bertz CT molecular complexity index is 579. The van der Waals surface area contributed by atoms with Gasteiger partial charge in [0.15, 0.2) is 0 Å². The Morgan fingerprint density at radius 2 is 2.15 bits per heavy atom.